The van der Waals surface area contributed by atoms with Crippen LogP contribution in [0.4, 0.5) is 4.79 Å². The summed E-state index contributed by atoms with van der Waals surface area (Å²) in [7, 11) is 0. The van der Waals surface area contributed by atoms with Crippen LogP contribution in [0.2, 0.25) is 0 Å². The molecule has 0 aliphatic rings. The van der Waals surface area contributed by atoms with Gasteiger partial charge < -0.3 is 15.7 Å². The molecule has 122 valence electrons. The van der Waals surface area contributed by atoms with Crippen LogP contribution in [0, 0.1) is 6.92 Å². The molecule has 0 bridgehead atoms. The second-order valence-corrected chi connectivity index (χ2v) is 5.57. The zero-order valence-corrected chi connectivity index (χ0v) is 13.5. The van der Waals surface area contributed by atoms with Crippen LogP contribution in [-0.2, 0) is 6.42 Å². The van der Waals surface area contributed by atoms with Gasteiger partial charge in [0.05, 0.1) is 6.10 Å². The van der Waals surface area contributed by atoms with Gasteiger partial charge in [-0.05, 0) is 36.5 Å². The lowest BCUT2D eigenvalue weighted by Gasteiger charge is -2.12. The minimum atomic E-state index is -0.552. The summed E-state index contributed by atoms with van der Waals surface area (Å²) in [5, 5.41) is 15.6. The molecule has 23 heavy (non-hydrogen) atoms. The zero-order valence-electron chi connectivity index (χ0n) is 13.5. The summed E-state index contributed by atoms with van der Waals surface area (Å²) in [6.45, 7) is 3.10. The van der Waals surface area contributed by atoms with Crippen LogP contribution >= 0.6 is 0 Å². The van der Waals surface area contributed by atoms with Gasteiger partial charge in [0.1, 0.15) is 0 Å². The molecule has 4 nitrogen and oxygen atoms in total. The summed E-state index contributed by atoms with van der Waals surface area (Å²) in [6.07, 6.45) is 0.755. The van der Waals surface area contributed by atoms with E-state index >= 15 is 0 Å². The van der Waals surface area contributed by atoms with Crippen molar-refractivity contribution in [3.8, 4) is 0 Å². The average Bonchev–Trinajstić information content (AvgIpc) is 2.57. The highest BCUT2D eigenvalue weighted by molar-refractivity contribution is 5.73. The van der Waals surface area contributed by atoms with E-state index in [0.717, 1.165) is 12.0 Å². The Balaban J connectivity index is 1.63. The van der Waals surface area contributed by atoms with Crippen molar-refractivity contribution in [3.05, 3.63) is 71.3 Å². The predicted molar refractivity (Wildman–Crippen MR) is 92.3 cm³/mol. The van der Waals surface area contributed by atoms with Crippen LogP contribution in [0.5, 0.6) is 0 Å². The maximum Gasteiger partial charge on any atom is 0.314 e. The van der Waals surface area contributed by atoms with Gasteiger partial charge in [0.25, 0.3) is 0 Å². The molecular formula is C19H24N2O2. The van der Waals surface area contributed by atoms with Gasteiger partial charge in [0.2, 0.25) is 0 Å². The molecule has 0 spiro atoms. The van der Waals surface area contributed by atoms with Crippen molar-refractivity contribution < 1.29 is 9.90 Å². The first kappa shape index (κ1) is 17.0. The number of carbonyl (C=O) groups is 1. The molecule has 0 aliphatic heterocycles. The fraction of sp³-hybridized carbons (Fsp3) is 0.316. The molecule has 1 atom stereocenters. The standard InChI is InChI=1S/C19H24N2O2/c1-15-7-5-6-8-16(15)11-13-20-19(23)21-14-12-18(22)17-9-3-2-4-10-17/h2-10,18,22H,11-14H2,1H3,(H2,20,21,23). The van der Waals surface area contributed by atoms with E-state index in [2.05, 4.69) is 29.7 Å². The lowest BCUT2D eigenvalue weighted by molar-refractivity contribution is 0.167. The highest BCUT2D eigenvalue weighted by atomic mass is 16.3. The number of amides is 2. The third kappa shape index (κ3) is 5.75. The van der Waals surface area contributed by atoms with E-state index < -0.39 is 6.10 Å². The number of urea groups is 1. The molecule has 2 rings (SSSR count). The van der Waals surface area contributed by atoms with Crippen molar-refractivity contribution in [2.75, 3.05) is 13.1 Å². The number of aryl methyl sites for hydroxylation is 1. The molecule has 0 radical (unpaired) electrons. The molecule has 2 aromatic rings. The summed E-state index contributed by atoms with van der Waals surface area (Å²) in [6, 6.07) is 17.4. The van der Waals surface area contributed by atoms with Gasteiger partial charge in [-0.2, -0.15) is 0 Å². The Kier molecular flexibility index (Phi) is 6.63. The fourth-order valence-electron chi connectivity index (χ4n) is 2.43. The Morgan fingerprint density at radius 3 is 2.39 bits per heavy atom. The van der Waals surface area contributed by atoms with E-state index in [1.54, 1.807) is 0 Å². The number of rotatable bonds is 7. The van der Waals surface area contributed by atoms with Gasteiger partial charge in [0.15, 0.2) is 0 Å². The van der Waals surface area contributed by atoms with Gasteiger partial charge in [-0.3, -0.25) is 0 Å². The maximum atomic E-state index is 11.7. The molecule has 2 aromatic carbocycles. The Morgan fingerprint density at radius 2 is 1.65 bits per heavy atom. The van der Waals surface area contributed by atoms with Crippen LogP contribution in [-0.4, -0.2) is 24.2 Å². The first-order chi connectivity index (χ1) is 11.2. The number of aliphatic hydroxyl groups excluding tert-OH is 1. The topological polar surface area (TPSA) is 61.4 Å². The quantitative estimate of drug-likeness (QED) is 0.736. The van der Waals surface area contributed by atoms with Crippen LogP contribution in [0.1, 0.15) is 29.2 Å². The first-order valence-corrected chi connectivity index (χ1v) is 7.96. The van der Waals surface area contributed by atoms with E-state index in [0.29, 0.717) is 19.5 Å². The second kappa shape index (κ2) is 8.96. The smallest absolute Gasteiger partial charge is 0.314 e. The van der Waals surface area contributed by atoms with Crippen LogP contribution in [0.15, 0.2) is 54.6 Å². The van der Waals surface area contributed by atoms with E-state index in [9.17, 15) is 9.90 Å². The minimum Gasteiger partial charge on any atom is -0.388 e. The third-order valence-corrected chi connectivity index (χ3v) is 3.83. The summed E-state index contributed by atoms with van der Waals surface area (Å²) >= 11 is 0. The molecular weight excluding hydrogens is 288 g/mol. The number of carbonyl (C=O) groups excluding carboxylic acids is 1. The summed E-state index contributed by atoms with van der Waals surface area (Å²) < 4.78 is 0. The largest absolute Gasteiger partial charge is 0.388 e. The molecule has 4 heteroatoms. The lowest BCUT2D eigenvalue weighted by atomic mass is 10.1. The monoisotopic (exact) mass is 312 g/mol. The molecule has 1 unspecified atom stereocenters. The van der Waals surface area contributed by atoms with E-state index in [1.165, 1.54) is 11.1 Å². The highest BCUT2D eigenvalue weighted by Crippen LogP contribution is 2.14. The number of hydrogen-bond donors (Lipinski definition) is 3. The molecule has 0 aliphatic carbocycles. The molecule has 0 heterocycles. The highest BCUT2D eigenvalue weighted by Gasteiger charge is 2.07. The number of benzene rings is 2. The number of aliphatic hydroxyl groups is 1. The van der Waals surface area contributed by atoms with Crippen molar-refractivity contribution >= 4 is 6.03 Å². The van der Waals surface area contributed by atoms with Crippen molar-refractivity contribution in [2.45, 2.75) is 25.9 Å². The van der Waals surface area contributed by atoms with Gasteiger partial charge in [-0.1, -0.05) is 54.6 Å². The van der Waals surface area contributed by atoms with Gasteiger partial charge >= 0.3 is 6.03 Å². The Bertz CT molecular complexity index is 614. The first-order valence-electron chi connectivity index (χ1n) is 7.96. The molecule has 0 saturated heterocycles. The second-order valence-electron chi connectivity index (χ2n) is 5.57. The van der Waals surface area contributed by atoms with Crippen molar-refractivity contribution in [2.24, 2.45) is 0 Å². The van der Waals surface area contributed by atoms with Crippen LogP contribution in [0.25, 0.3) is 0 Å². The molecule has 0 aromatic heterocycles. The minimum absolute atomic E-state index is 0.196. The normalized spacial score (nSPS) is 11.7. The lowest BCUT2D eigenvalue weighted by Crippen LogP contribution is -2.37. The van der Waals surface area contributed by atoms with Crippen LogP contribution < -0.4 is 10.6 Å². The predicted octanol–water partition coefficient (Wildman–Crippen LogP) is 2.96. The van der Waals surface area contributed by atoms with Crippen molar-refractivity contribution in [1.82, 2.24) is 10.6 Å². The van der Waals surface area contributed by atoms with E-state index in [1.807, 2.05) is 42.5 Å². The SMILES string of the molecule is Cc1ccccc1CCNC(=O)NCCC(O)c1ccccc1. The van der Waals surface area contributed by atoms with Gasteiger partial charge in [-0.25, -0.2) is 4.79 Å². The average molecular weight is 312 g/mol. The molecule has 0 saturated carbocycles. The summed E-state index contributed by atoms with van der Waals surface area (Å²) in [4.78, 5) is 11.7. The zero-order chi connectivity index (χ0) is 16.5. The van der Waals surface area contributed by atoms with E-state index in [4.69, 9.17) is 0 Å². The third-order valence-electron chi connectivity index (χ3n) is 3.83. The number of hydrogen-bond acceptors (Lipinski definition) is 2. The fourth-order valence-corrected chi connectivity index (χ4v) is 2.43. The molecule has 3 N–H and O–H groups in total. The Morgan fingerprint density at radius 1 is 1.00 bits per heavy atom. The Hall–Kier alpha value is -2.33. The van der Waals surface area contributed by atoms with Crippen LogP contribution in [0.3, 0.4) is 0 Å². The Labute approximate surface area is 137 Å². The molecule has 2 amide bonds. The summed E-state index contributed by atoms with van der Waals surface area (Å²) in [5.74, 6) is 0. The van der Waals surface area contributed by atoms with E-state index in [-0.39, 0.29) is 6.03 Å². The number of nitrogens with one attached hydrogen (secondary N) is 2. The molecule has 0 fully saturated rings. The van der Waals surface area contributed by atoms with Gasteiger partial charge in [-0.15, -0.1) is 0 Å². The van der Waals surface area contributed by atoms with Crippen molar-refractivity contribution in [1.29, 1.82) is 0 Å². The van der Waals surface area contributed by atoms with Gasteiger partial charge in [0, 0.05) is 13.1 Å². The summed E-state index contributed by atoms with van der Waals surface area (Å²) in [5.41, 5.74) is 3.35. The maximum absolute atomic E-state index is 11.7. The van der Waals surface area contributed by atoms with Crippen molar-refractivity contribution in [3.63, 3.8) is 0 Å².